The van der Waals surface area contributed by atoms with Crippen molar-refractivity contribution in [1.82, 2.24) is 4.98 Å². The van der Waals surface area contributed by atoms with Gasteiger partial charge in [-0.15, -0.1) is 11.3 Å². The number of benzene rings is 3. The predicted octanol–water partition coefficient (Wildman–Crippen LogP) is 10.6. The lowest BCUT2D eigenvalue weighted by Crippen LogP contribution is -2.12. The highest BCUT2D eigenvalue weighted by Gasteiger charge is 2.21. The Morgan fingerprint density at radius 3 is 2.42 bits per heavy atom. The minimum Gasteiger partial charge on any atom is -0.461 e. The molecule has 0 atom stereocenters. The molecule has 3 heterocycles. The molecule has 192 valence electrons. The smallest absolute Gasteiger partial charge is 0.134 e. The van der Waals surface area contributed by atoms with Gasteiger partial charge in [0.05, 0.1) is 5.69 Å². The van der Waals surface area contributed by atoms with E-state index in [9.17, 15) is 0 Å². The highest BCUT2D eigenvalue weighted by atomic mass is 32.1. The number of pyridine rings is 1. The van der Waals surface area contributed by atoms with E-state index in [0.29, 0.717) is 5.92 Å². The molecule has 0 saturated carbocycles. The Balaban J connectivity index is 1.54. The molecule has 3 aromatic carbocycles. The number of furan rings is 1. The van der Waals surface area contributed by atoms with Crippen molar-refractivity contribution in [2.45, 2.75) is 60.3 Å². The van der Waals surface area contributed by atoms with Crippen LogP contribution in [0.5, 0.6) is 0 Å². The number of aryl methyl sites for hydroxylation is 2. The molecule has 6 rings (SSSR count). The molecule has 0 aliphatic rings. The molecule has 6 aromatic rings. The van der Waals surface area contributed by atoms with Gasteiger partial charge in [-0.3, -0.25) is 4.98 Å². The average Bonchev–Trinajstić information content (AvgIpc) is 3.38. The maximum atomic E-state index is 6.23. The third-order valence-electron chi connectivity index (χ3n) is 7.67. The van der Waals surface area contributed by atoms with Gasteiger partial charge in [-0.25, -0.2) is 0 Å². The monoisotopic (exact) mass is 517 g/mol. The summed E-state index contributed by atoms with van der Waals surface area (Å²) in [6, 6.07) is 22.2. The lowest BCUT2D eigenvalue weighted by molar-refractivity contribution is 0.496. The Kier molecular flexibility index (Phi) is 5.96. The molecular weight excluding hydrogens is 482 g/mol. The molecule has 0 bridgehead atoms. The van der Waals surface area contributed by atoms with Gasteiger partial charge in [-0.2, -0.15) is 0 Å². The summed E-state index contributed by atoms with van der Waals surface area (Å²) < 4.78 is 7.51. The normalized spacial score (nSPS) is 12.4. The lowest BCUT2D eigenvalue weighted by atomic mass is 9.82. The number of thiophene rings is 1. The molecule has 0 unspecified atom stereocenters. The van der Waals surface area contributed by atoms with E-state index in [1.165, 1.54) is 58.9 Å². The van der Waals surface area contributed by atoms with E-state index in [1.807, 2.05) is 17.5 Å². The minimum atomic E-state index is 0.0324. The summed E-state index contributed by atoms with van der Waals surface area (Å²) >= 11 is 1.86. The molecule has 0 spiro atoms. The number of hydrogen-bond acceptors (Lipinski definition) is 3. The number of rotatable bonds is 4. The van der Waals surface area contributed by atoms with E-state index in [2.05, 4.69) is 109 Å². The Morgan fingerprint density at radius 2 is 1.66 bits per heavy atom. The quantitative estimate of drug-likeness (QED) is 0.232. The first-order valence-electron chi connectivity index (χ1n) is 13.6. The first kappa shape index (κ1) is 24.9. The van der Waals surface area contributed by atoms with Gasteiger partial charge in [-0.05, 0) is 94.6 Å². The first-order valence-corrected chi connectivity index (χ1v) is 14.4. The third-order valence-corrected chi connectivity index (χ3v) is 8.98. The standard InChI is InChI=1S/C35H35NOS/c1-20(2)16-30-21(3)27-18-24(12-13-29(27)37-30)34-22(4)32-31(38-34)14-15-36-33(32)25-17-23-10-8-9-11-26(23)28(19-25)35(5,6)7/h8-15,17-20H,16H2,1-7H3. The van der Waals surface area contributed by atoms with Crippen LogP contribution in [0.25, 0.3) is 53.5 Å². The Hall–Kier alpha value is -3.43. The molecule has 0 saturated heterocycles. The average molecular weight is 518 g/mol. The van der Waals surface area contributed by atoms with Crippen LogP contribution < -0.4 is 0 Å². The molecule has 2 nitrogen and oxygen atoms in total. The molecule has 0 aliphatic carbocycles. The van der Waals surface area contributed by atoms with E-state index in [0.717, 1.165) is 23.5 Å². The van der Waals surface area contributed by atoms with Gasteiger partial charge in [0, 0.05) is 38.5 Å². The van der Waals surface area contributed by atoms with Crippen molar-refractivity contribution in [3.8, 4) is 21.7 Å². The van der Waals surface area contributed by atoms with Crippen LogP contribution in [-0.2, 0) is 11.8 Å². The predicted molar refractivity (Wildman–Crippen MR) is 164 cm³/mol. The van der Waals surface area contributed by atoms with E-state index < -0.39 is 0 Å². The van der Waals surface area contributed by atoms with Gasteiger partial charge < -0.3 is 4.42 Å². The molecular formula is C35H35NOS. The highest BCUT2D eigenvalue weighted by molar-refractivity contribution is 7.22. The minimum absolute atomic E-state index is 0.0324. The number of hydrogen-bond donors (Lipinski definition) is 0. The Labute approximate surface area is 229 Å². The Bertz CT molecular complexity index is 1830. The summed E-state index contributed by atoms with van der Waals surface area (Å²) in [7, 11) is 0. The van der Waals surface area contributed by atoms with Crippen molar-refractivity contribution < 1.29 is 4.42 Å². The van der Waals surface area contributed by atoms with Crippen molar-refractivity contribution in [3.63, 3.8) is 0 Å². The maximum Gasteiger partial charge on any atom is 0.134 e. The van der Waals surface area contributed by atoms with Gasteiger partial charge in [0.15, 0.2) is 0 Å². The zero-order chi connectivity index (χ0) is 26.8. The molecule has 0 aliphatic heterocycles. The van der Waals surface area contributed by atoms with Gasteiger partial charge in [0.1, 0.15) is 11.3 Å². The fourth-order valence-corrected chi connectivity index (χ4v) is 6.93. The summed E-state index contributed by atoms with van der Waals surface area (Å²) in [6.07, 6.45) is 2.93. The molecule has 3 heteroatoms. The number of aromatic nitrogens is 1. The van der Waals surface area contributed by atoms with Gasteiger partial charge in [0.2, 0.25) is 0 Å². The second kappa shape index (κ2) is 9.10. The van der Waals surface area contributed by atoms with Crippen LogP contribution in [0.3, 0.4) is 0 Å². The summed E-state index contributed by atoms with van der Waals surface area (Å²) in [5.74, 6) is 1.68. The fraction of sp³-hybridized carbons (Fsp3) is 0.286. The van der Waals surface area contributed by atoms with Crippen LogP contribution >= 0.6 is 11.3 Å². The van der Waals surface area contributed by atoms with Gasteiger partial charge in [0.25, 0.3) is 0 Å². The van der Waals surface area contributed by atoms with Crippen LogP contribution in [0.1, 0.15) is 57.1 Å². The van der Waals surface area contributed by atoms with Crippen LogP contribution in [0.2, 0.25) is 0 Å². The fourth-order valence-electron chi connectivity index (χ4n) is 5.73. The number of fused-ring (bicyclic) bond motifs is 3. The van der Waals surface area contributed by atoms with E-state index in [1.54, 1.807) is 0 Å². The van der Waals surface area contributed by atoms with Crippen LogP contribution in [0.15, 0.2) is 71.3 Å². The second-order valence-electron chi connectivity index (χ2n) is 12.0. The zero-order valence-electron chi connectivity index (χ0n) is 23.4. The lowest BCUT2D eigenvalue weighted by Gasteiger charge is -2.23. The van der Waals surface area contributed by atoms with E-state index in [-0.39, 0.29) is 5.41 Å². The summed E-state index contributed by atoms with van der Waals surface area (Å²) in [5.41, 5.74) is 8.43. The van der Waals surface area contributed by atoms with E-state index in [4.69, 9.17) is 9.40 Å². The first-order chi connectivity index (χ1) is 18.1. The molecule has 38 heavy (non-hydrogen) atoms. The van der Waals surface area contributed by atoms with Crippen molar-refractivity contribution >= 4 is 43.2 Å². The van der Waals surface area contributed by atoms with Crippen molar-refractivity contribution in [2.75, 3.05) is 0 Å². The maximum absolute atomic E-state index is 6.23. The SMILES string of the molecule is Cc1c(CC(C)C)oc2ccc(-c3sc4ccnc(-c5cc(C(C)(C)C)c6ccccc6c5)c4c3C)cc12. The van der Waals surface area contributed by atoms with Crippen LogP contribution in [0.4, 0.5) is 0 Å². The van der Waals surface area contributed by atoms with Crippen LogP contribution in [0, 0.1) is 19.8 Å². The second-order valence-corrected chi connectivity index (χ2v) is 13.1. The summed E-state index contributed by atoms with van der Waals surface area (Å²) in [6.45, 7) is 15.8. The van der Waals surface area contributed by atoms with Gasteiger partial charge >= 0.3 is 0 Å². The van der Waals surface area contributed by atoms with Crippen molar-refractivity contribution in [1.29, 1.82) is 0 Å². The molecule has 0 radical (unpaired) electrons. The molecule has 0 fully saturated rings. The van der Waals surface area contributed by atoms with Gasteiger partial charge in [-0.1, -0.05) is 58.9 Å². The Morgan fingerprint density at radius 1 is 0.868 bits per heavy atom. The van der Waals surface area contributed by atoms with Crippen molar-refractivity contribution in [2.24, 2.45) is 5.92 Å². The van der Waals surface area contributed by atoms with Crippen molar-refractivity contribution in [3.05, 3.63) is 89.3 Å². The summed E-state index contributed by atoms with van der Waals surface area (Å²) in [5, 5.41) is 5.06. The summed E-state index contributed by atoms with van der Waals surface area (Å²) in [4.78, 5) is 6.27. The molecule has 3 aromatic heterocycles. The molecule has 0 amide bonds. The highest BCUT2D eigenvalue weighted by Crippen LogP contribution is 2.44. The number of nitrogens with zero attached hydrogens (tertiary/aromatic N) is 1. The van der Waals surface area contributed by atoms with Crippen LogP contribution in [-0.4, -0.2) is 4.98 Å². The zero-order valence-corrected chi connectivity index (χ0v) is 24.2. The largest absolute Gasteiger partial charge is 0.461 e. The molecule has 0 N–H and O–H groups in total. The van der Waals surface area contributed by atoms with E-state index >= 15 is 0 Å². The topological polar surface area (TPSA) is 26.0 Å². The third kappa shape index (κ3) is 4.14.